The zero-order valence-corrected chi connectivity index (χ0v) is 31.6. The van der Waals surface area contributed by atoms with Crippen LogP contribution in [0.5, 0.6) is 11.5 Å². The van der Waals surface area contributed by atoms with Crippen LogP contribution in [0.15, 0.2) is 130 Å². The predicted molar refractivity (Wildman–Crippen MR) is 217 cm³/mol. The van der Waals surface area contributed by atoms with Crippen molar-refractivity contribution in [3.05, 3.63) is 142 Å². The van der Waals surface area contributed by atoms with Crippen LogP contribution in [0.3, 0.4) is 0 Å². The average Bonchev–Trinajstić information content (AvgIpc) is 3.19. The quantitative estimate of drug-likeness (QED) is 0.0678. The van der Waals surface area contributed by atoms with E-state index < -0.39 is 47.3 Å². The molecule has 5 aromatic carbocycles. The number of carbonyl (C=O) groups is 2. The average molecular weight is 806 g/mol. The molecule has 0 atom stereocenters. The number of rotatable bonds is 11. The van der Waals surface area contributed by atoms with Crippen LogP contribution >= 0.6 is 0 Å². The van der Waals surface area contributed by atoms with E-state index in [-0.39, 0.29) is 39.4 Å². The summed E-state index contributed by atoms with van der Waals surface area (Å²) in [5.74, 6) is -0.719. The highest BCUT2D eigenvalue weighted by molar-refractivity contribution is 7.95. The number of ketones is 2. The van der Waals surface area contributed by atoms with E-state index in [1.807, 2.05) is 30.3 Å². The van der Waals surface area contributed by atoms with Gasteiger partial charge in [0.1, 0.15) is 27.0 Å². The zero-order valence-electron chi connectivity index (χ0n) is 29.9. The van der Waals surface area contributed by atoms with E-state index in [2.05, 4.69) is 26.4 Å². The number of hydrogen-bond donors (Lipinski definition) is 5. The standard InChI is InChI=1S/C40H31N5O10S2/c1-54-34-19-23(12-16-31(34)42-44-33-22-36(56(48,49)50)29-10-6-7-11-30(29)39(33)46)24-13-17-32(35(20-24)55-2)43-45-38-37(57(51,52)53)21-25-18-27(14-15-28(25)40(38)47)41-26-8-4-3-5-9-26/h3-22,41-43H,1-2H3,(H,48,49,50)(H,51,52,53). The first-order chi connectivity index (χ1) is 27.2. The topological polar surface area (TPSA) is 222 Å². The molecule has 0 aliphatic heterocycles. The van der Waals surface area contributed by atoms with Crippen molar-refractivity contribution in [1.29, 1.82) is 0 Å². The highest BCUT2D eigenvalue weighted by Crippen LogP contribution is 2.36. The molecule has 2 aliphatic rings. The Hall–Kier alpha value is -6.92. The fraction of sp³-hybridized carbons (Fsp3) is 0.0500. The number of methoxy groups -OCH3 is 2. The lowest BCUT2D eigenvalue weighted by atomic mass is 9.94. The summed E-state index contributed by atoms with van der Waals surface area (Å²) >= 11 is 0. The first-order valence-electron chi connectivity index (χ1n) is 16.8. The summed E-state index contributed by atoms with van der Waals surface area (Å²) in [5.41, 5.74) is 8.48. The molecule has 17 heteroatoms. The third kappa shape index (κ3) is 7.94. The molecule has 7 rings (SSSR count). The number of hydrogen-bond acceptors (Lipinski definition) is 13. The summed E-state index contributed by atoms with van der Waals surface area (Å²) in [6, 6.07) is 30.0. The van der Waals surface area contributed by atoms with Crippen LogP contribution in [0.25, 0.3) is 22.1 Å². The molecule has 15 nitrogen and oxygen atoms in total. The van der Waals surface area contributed by atoms with E-state index in [1.165, 1.54) is 32.4 Å². The predicted octanol–water partition coefficient (Wildman–Crippen LogP) is 6.90. The second-order valence-electron chi connectivity index (χ2n) is 12.5. The van der Waals surface area contributed by atoms with Crippen molar-refractivity contribution < 1.29 is 45.0 Å². The minimum atomic E-state index is -4.89. The van der Waals surface area contributed by atoms with Gasteiger partial charge in [-0.25, -0.2) is 0 Å². The third-order valence-electron chi connectivity index (χ3n) is 8.91. The van der Waals surface area contributed by atoms with E-state index in [9.17, 15) is 35.5 Å². The van der Waals surface area contributed by atoms with Gasteiger partial charge in [0.05, 0.1) is 25.6 Å². The summed E-state index contributed by atoms with van der Waals surface area (Å²) in [6.45, 7) is 0. The Labute approximate surface area is 326 Å². The SMILES string of the molecule is COc1cc(-c2ccc(NN=C3C(=O)c4ccc(Nc5ccccc5)cc4C=C3S(=O)(=O)O)c(OC)c2)ccc1NN=C1C=C(S(=O)(=O)O)c2ccccc2C1=O. The van der Waals surface area contributed by atoms with Crippen molar-refractivity contribution in [3.8, 4) is 22.6 Å². The number of Topliss-reactive ketones (excluding diaryl/α,β-unsaturated/α-hetero) is 2. The third-order valence-corrected chi connectivity index (χ3v) is 10.7. The van der Waals surface area contributed by atoms with Crippen molar-refractivity contribution in [2.24, 2.45) is 10.2 Å². The maximum absolute atomic E-state index is 13.6. The smallest absolute Gasteiger partial charge is 0.296 e. The Balaban J connectivity index is 1.13. The Bertz CT molecular complexity index is 2830. The number of anilines is 4. The van der Waals surface area contributed by atoms with Gasteiger partial charge >= 0.3 is 0 Å². The molecule has 0 unspecified atom stereocenters. The van der Waals surface area contributed by atoms with Crippen molar-refractivity contribution in [2.75, 3.05) is 30.4 Å². The van der Waals surface area contributed by atoms with E-state index in [4.69, 9.17) is 9.47 Å². The number of fused-ring (bicyclic) bond motifs is 2. The van der Waals surface area contributed by atoms with Crippen LogP contribution < -0.4 is 25.6 Å². The Kier molecular flexibility index (Phi) is 10.3. The number of para-hydroxylation sites is 1. The number of nitrogens with one attached hydrogen (secondary N) is 3. The molecule has 0 saturated carbocycles. The maximum atomic E-state index is 13.6. The normalized spacial score (nSPS) is 15.3. The van der Waals surface area contributed by atoms with Gasteiger partial charge in [0.25, 0.3) is 20.2 Å². The lowest BCUT2D eigenvalue weighted by molar-refractivity contribution is 0.105. The number of ether oxygens (including phenoxy) is 2. The summed E-state index contributed by atoms with van der Waals surface area (Å²) in [6.07, 6.45) is 2.17. The second-order valence-corrected chi connectivity index (χ2v) is 15.3. The van der Waals surface area contributed by atoms with E-state index >= 15 is 0 Å². The van der Waals surface area contributed by atoms with Gasteiger partial charge in [0.2, 0.25) is 11.6 Å². The number of allylic oxidation sites excluding steroid dienone is 2. The van der Waals surface area contributed by atoms with Crippen molar-refractivity contribution in [1.82, 2.24) is 0 Å². The van der Waals surface area contributed by atoms with Crippen molar-refractivity contribution in [3.63, 3.8) is 0 Å². The number of nitrogens with zero attached hydrogens (tertiary/aromatic N) is 2. The molecule has 0 spiro atoms. The van der Waals surface area contributed by atoms with Gasteiger partial charge in [-0.1, -0.05) is 54.6 Å². The van der Waals surface area contributed by atoms with Gasteiger partial charge in [-0.15, -0.1) is 0 Å². The van der Waals surface area contributed by atoms with Gasteiger partial charge in [0, 0.05) is 28.1 Å². The summed E-state index contributed by atoms with van der Waals surface area (Å²) < 4.78 is 80.2. The van der Waals surface area contributed by atoms with Crippen LogP contribution in [-0.2, 0) is 20.2 Å². The Morgan fingerprint density at radius 2 is 1.14 bits per heavy atom. The molecule has 0 amide bonds. The zero-order chi connectivity index (χ0) is 40.5. The minimum absolute atomic E-state index is 0.0609. The Morgan fingerprint density at radius 1 is 0.561 bits per heavy atom. The number of benzene rings is 5. The summed E-state index contributed by atoms with van der Waals surface area (Å²) in [7, 11) is -6.74. The van der Waals surface area contributed by atoms with Gasteiger partial charge < -0.3 is 14.8 Å². The lowest BCUT2D eigenvalue weighted by Gasteiger charge is -2.18. The van der Waals surface area contributed by atoms with Gasteiger partial charge in [-0.3, -0.25) is 29.5 Å². The highest BCUT2D eigenvalue weighted by atomic mass is 32.2. The first-order valence-corrected chi connectivity index (χ1v) is 19.7. The first kappa shape index (κ1) is 38.4. The molecule has 5 N–H and O–H groups in total. The van der Waals surface area contributed by atoms with Crippen LogP contribution in [0.2, 0.25) is 0 Å². The van der Waals surface area contributed by atoms with E-state index in [0.29, 0.717) is 28.3 Å². The van der Waals surface area contributed by atoms with Gasteiger partial charge in [-0.2, -0.15) is 27.0 Å². The maximum Gasteiger partial charge on any atom is 0.296 e. The fourth-order valence-corrected chi connectivity index (χ4v) is 7.54. The van der Waals surface area contributed by atoms with Gasteiger partial charge in [-0.05, 0) is 83.4 Å². The van der Waals surface area contributed by atoms with E-state index in [0.717, 1.165) is 11.8 Å². The molecule has 0 aromatic heterocycles. The van der Waals surface area contributed by atoms with Crippen molar-refractivity contribution >= 4 is 77.0 Å². The van der Waals surface area contributed by atoms with Crippen LogP contribution in [0, 0.1) is 0 Å². The monoisotopic (exact) mass is 805 g/mol. The largest absolute Gasteiger partial charge is 0.494 e. The molecular formula is C40H31N5O10S2. The molecule has 288 valence electrons. The van der Waals surface area contributed by atoms with E-state index in [1.54, 1.807) is 66.7 Å². The lowest BCUT2D eigenvalue weighted by Crippen LogP contribution is -2.27. The molecule has 0 fully saturated rings. The summed E-state index contributed by atoms with van der Waals surface area (Å²) in [5, 5.41) is 11.4. The molecule has 5 aromatic rings. The van der Waals surface area contributed by atoms with Gasteiger partial charge in [0.15, 0.2) is 5.71 Å². The molecule has 57 heavy (non-hydrogen) atoms. The fourth-order valence-electron chi connectivity index (χ4n) is 6.17. The molecule has 0 bridgehead atoms. The highest BCUT2D eigenvalue weighted by Gasteiger charge is 2.33. The number of carbonyl (C=O) groups excluding carboxylic acids is 2. The molecule has 0 saturated heterocycles. The molecular weight excluding hydrogens is 775 g/mol. The molecule has 2 aliphatic carbocycles. The molecule has 0 radical (unpaired) electrons. The van der Waals surface area contributed by atoms with Crippen molar-refractivity contribution in [2.45, 2.75) is 0 Å². The summed E-state index contributed by atoms with van der Waals surface area (Å²) in [4.78, 5) is 25.5. The minimum Gasteiger partial charge on any atom is -0.494 e. The Morgan fingerprint density at radius 3 is 1.74 bits per heavy atom. The number of hydrazone groups is 2. The second kappa shape index (κ2) is 15.3. The molecule has 0 heterocycles. The van der Waals surface area contributed by atoms with Crippen LogP contribution in [-0.4, -0.2) is 63.2 Å². The van der Waals surface area contributed by atoms with Crippen LogP contribution in [0.4, 0.5) is 22.7 Å². The van der Waals surface area contributed by atoms with Crippen LogP contribution in [0.1, 0.15) is 31.8 Å².